The first-order valence-electron chi connectivity index (χ1n) is 6.53. The predicted molar refractivity (Wildman–Crippen MR) is 78.4 cm³/mol. The number of sulfonamides is 1. The molecule has 2 N–H and O–H groups in total. The smallest absolute Gasteiger partial charge is 0.321 e. The molecule has 0 saturated heterocycles. The van der Waals surface area contributed by atoms with Gasteiger partial charge in [0.05, 0.1) is 4.90 Å². The second kappa shape index (κ2) is 6.19. The van der Waals surface area contributed by atoms with Crippen molar-refractivity contribution in [2.45, 2.75) is 30.7 Å². The summed E-state index contributed by atoms with van der Waals surface area (Å²) in [4.78, 5) is 15.1. The van der Waals surface area contributed by atoms with Gasteiger partial charge >= 0.3 is 5.97 Å². The van der Waals surface area contributed by atoms with Gasteiger partial charge in [-0.1, -0.05) is 25.5 Å². The van der Waals surface area contributed by atoms with Gasteiger partial charge in [-0.3, -0.25) is 9.78 Å². The van der Waals surface area contributed by atoms with E-state index in [1.54, 1.807) is 31.3 Å². The third-order valence-corrected chi connectivity index (χ3v) is 4.63. The number of nitrogens with zero attached hydrogens (tertiary/aromatic N) is 1. The Bertz CT molecular complexity index is 753. The Balaban J connectivity index is 2.44. The van der Waals surface area contributed by atoms with Gasteiger partial charge in [0.1, 0.15) is 6.04 Å². The van der Waals surface area contributed by atoms with Gasteiger partial charge in [-0.05, 0) is 18.6 Å². The van der Waals surface area contributed by atoms with Crippen molar-refractivity contribution in [3.63, 3.8) is 0 Å². The van der Waals surface area contributed by atoms with E-state index in [-0.39, 0.29) is 11.3 Å². The van der Waals surface area contributed by atoms with Gasteiger partial charge in [0.15, 0.2) is 0 Å². The maximum absolute atomic E-state index is 12.4. The summed E-state index contributed by atoms with van der Waals surface area (Å²) in [5.41, 5.74) is 0. The largest absolute Gasteiger partial charge is 0.480 e. The molecule has 112 valence electrons. The molecule has 1 aromatic heterocycles. The average molecular weight is 308 g/mol. The van der Waals surface area contributed by atoms with Crippen molar-refractivity contribution in [2.75, 3.05) is 0 Å². The van der Waals surface area contributed by atoms with Crippen LogP contribution in [0.4, 0.5) is 0 Å². The molecular weight excluding hydrogens is 292 g/mol. The van der Waals surface area contributed by atoms with Crippen molar-refractivity contribution >= 4 is 26.8 Å². The Hall–Kier alpha value is -1.99. The van der Waals surface area contributed by atoms with Gasteiger partial charge in [0, 0.05) is 23.2 Å². The van der Waals surface area contributed by atoms with Crippen molar-refractivity contribution in [3.05, 3.63) is 36.7 Å². The van der Waals surface area contributed by atoms with Crippen LogP contribution in [0.5, 0.6) is 0 Å². The fraction of sp³-hybridized carbons (Fsp3) is 0.286. The maximum Gasteiger partial charge on any atom is 0.321 e. The standard InChI is InChI=1S/C14H16N2O4S/c1-2-4-12(14(17)18)16-21(19,20)13-6-3-5-10-9-15-8-7-11(10)13/h3,5-9,12,16H,2,4H2,1H3,(H,17,18)/t12-/m1/s1. The van der Waals surface area contributed by atoms with E-state index in [1.807, 2.05) is 0 Å². The predicted octanol–water partition coefficient (Wildman–Crippen LogP) is 1.77. The maximum atomic E-state index is 12.4. The second-order valence-electron chi connectivity index (χ2n) is 4.65. The van der Waals surface area contributed by atoms with E-state index in [2.05, 4.69) is 9.71 Å². The van der Waals surface area contributed by atoms with Crippen LogP contribution >= 0.6 is 0 Å². The van der Waals surface area contributed by atoms with Crippen LogP contribution in [-0.2, 0) is 14.8 Å². The number of carboxylic acid groups (broad SMARTS) is 1. The highest BCUT2D eigenvalue weighted by molar-refractivity contribution is 7.89. The van der Waals surface area contributed by atoms with E-state index in [4.69, 9.17) is 5.11 Å². The Morgan fingerprint density at radius 2 is 2.14 bits per heavy atom. The molecule has 1 atom stereocenters. The number of hydrogen-bond acceptors (Lipinski definition) is 4. The number of fused-ring (bicyclic) bond motifs is 1. The van der Waals surface area contributed by atoms with Crippen LogP contribution in [0, 0.1) is 0 Å². The molecule has 0 spiro atoms. The first-order valence-corrected chi connectivity index (χ1v) is 8.02. The molecule has 2 aromatic rings. The van der Waals surface area contributed by atoms with Gasteiger partial charge in [-0.15, -0.1) is 0 Å². The lowest BCUT2D eigenvalue weighted by Crippen LogP contribution is -2.40. The number of aromatic nitrogens is 1. The highest BCUT2D eigenvalue weighted by Gasteiger charge is 2.25. The van der Waals surface area contributed by atoms with Crippen LogP contribution in [0.15, 0.2) is 41.6 Å². The zero-order chi connectivity index (χ0) is 15.5. The normalized spacial score (nSPS) is 13.2. The van der Waals surface area contributed by atoms with Crippen molar-refractivity contribution in [1.82, 2.24) is 9.71 Å². The molecule has 0 aliphatic rings. The first-order chi connectivity index (χ1) is 9.95. The van der Waals surface area contributed by atoms with Crippen molar-refractivity contribution < 1.29 is 18.3 Å². The van der Waals surface area contributed by atoms with Gasteiger partial charge in [0.25, 0.3) is 0 Å². The van der Waals surface area contributed by atoms with E-state index in [9.17, 15) is 13.2 Å². The molecule has 0 fully saturated rings. The van der Waals surface area contributed by atoms with E-state index < -0.39 is 22.0 Å². The minimum Gasteiger partial charge on any atom is -0.480 e. The van der Waals surface area contributed by atoms with Crippen molar-refractivity contribution in [2.24, 2.45) is 0 Å². The van der Waals surface area contributed by atoms with Gasteiger partial charge in [0.2, 0.25) is 10.0 Å². The average Bonchev–Trinajstić information content (AvgIpc) is 2.46. The molecule has 1 heterocycles. The molecular formula is C14H16N2O4S. The third-order valence-electron chi connectivity index (χ3n) is 3.10. The van der Waals surface area contributed by atoms with Crippen LogP contribution in [0.3, 0.4) is 0 Å². The molecule has 21 heavy (non-hydrogen) atoms. The van der Waals surface area contributed by atoms with E-state index >= 15 is 0 Å². The number of rotatable bonds is 6. The number of hydrogen-bond donors (Lipinski definition) is 2. The molecule has 0 radical (unpaired) electrons. The number of pyridine rings is 1. The number of carbonyl (C=O) groups is 1. The topological polar surface area (TPSA) is 96.4 Å². The molecule has 2 rings (SSSR count). The molecule has 0 aliphatic heterocycles. The van der Waals surface area contributed by atoms with Crippen molar-refractivity contribution in [3.8, 4) is 0 Å². The van der Waals surface area contributed by atoms with E-state index in [1.165, 1.54) is 12.3 Å². The van der Waals surface area contributed by atoms with E-state index in [0.717, 1.165) is 0 Å². The quantitative estimate of drug-likeness (QED) is 0.847. The first kappa shape index (κ1) is 15.4. The SMILES string of the molecule is CCC[C@@H](NS(=O)(=O)c1cccc2cnccc12)C(=O)O. The van der Waals surface area contributed by atoms with Crippen LogP contribution in [0.1, 0.15) is 19.8 Å². The van der Waals surface area contributed by atoms with Gasteiger partial charge in [-0.25, -0.2) is 8.42 Å². The van der Waals surface area contributed by atoms with Crippen LogP contribution in [0.25, 0.3) is 10.8 Å². The Kier molecular flexibility index (Phi) is 4.54. The summed E-state index contributed by atoms with van der Waals surface area (Å²) < 4.78 is 27.1. The lowest BCUT2D eigenvalue weighted by atomic mass is 10.2. The zero-order valence-electron chi connectivity index (χ0n) is 11.5. The molecule has 6 nitrogen and oxygen atoms in total. The summed E-state index contributed by atoms with van der Waals surface area (Å²) in [6.07, 6.45) is 3.87. The monoisotopic (exact) mass is 308 g/mol. The Morgan fingerprint density at radius 1 is 1.38 bits per heavy atom. The highest BCUT2D eigenvalue weighted by Crippen LogP contribution is 2.22. The third kappa shape index (κ3) is 3.37. The zero-order valence-corrected chi connectivity index (χ0v) is 12.3. The van der Waals surface area contributed by atoms with Crippen LogP contribution < -0.4 is 4.72 Å². The molecule has 0 amide bonds. The minimum absolute atomic E-state index is 0.0600. The minimum atomic E-state index is -3.91. The Labute approximate surface area is 122 Å². The highest BCUT2D eigenvalue weighted by atomic mass is 32.2. The molecule has 0 bridgehead atoms. The van der Waals surface area contributed by atoms with Crippen LogP contribution in [-0.4, -0.2) is 30.5 Å². The lowest BCUT2D eigenvalue weighted by molar-refractivity contribution is -0.139. The number of nitrogens with one attached hydrogen (secondary N) is 1. The summed E-state index contributed by atoms with van der Waals surface area (Å²) >= 11 is 0. The fourth-order valence-electron chi connectivity index (χ4n) is 2.10. The summed E-state index contributed by atoms with van der Waals surface area (Å²) in [6.45, 7) is 1.80. The molecule has 0 saturated carbocycles. The van der Waals surface area contributed by atoms with Crippen molar-refractivity contribution in [1.29, 1.82) is 0 Å². The fourth-order valence-corrected chi connectivity index (χ4v) is 3.55. The lowest BCUT2D eigenvalue weighted by Gasteiger charge is -2.15. The number of benzene rings is 1. The second-order valence-corrected chi connectivity index (χ2v) is 6.34. The summed E-state index contributed by atoms with van der Waals surface area (Å²) in [7, 11) is -3.91. The molecule has 0 aliphatic carbocycles. The summed E-state index contributed by atoms with van der Waals surface area (Å²) in [6, 6.07) is 5.28. The van der Waals surface area contributed by atoms with Crippen LogP contribution in [0.2, 0.25) is 0 Å². The summed E-state index contributed by atoms with van der Waals surface area (Å²) in [5, 5.41) is 10.3. The number of aliphatic carboxylic acids is 1. The van der Waals surface area contributed by atoms with Gasteiger partial charge < -0.3 is 5.11 Å². The molecule has 1 aromatic carbocycles. The summed E-state index contributed by atoms with van der Waals surface area (Å²) in [5.74, 6) is -1.18. The molecule has 0 unspecified atom stereocenters. The Morgan fingerprint density at radius 3 is 2.81 bits per heavy atom. The number of carboxylic acids is 1. The van der Waals surface area contributed by atoms with E-state index in [0.29, 0.717) is 17.2 Å². The van der Waals surface area contributed by atoms with Gasteiger partial charge in [-0.2, -0.15) is 4.72 Å². The molecule has 7 heteroatoms.